The van der Waals surface area contributed by atoms with Crippen molar-refractivity contribution in [3.63, 3.8) is 0 Å². The van der Waals surface area contributed by atoms with E-state index >= 15 is 0 Å². The first-order valence-corrected chi connectivity index (χ1v) is 7.16. The van der Waals surface area contributed by atoms with E-state index in [1.54, 1.807) is 0 Å². The van der Waals surface area contributed by atoms with Gasteiger partial charge in [0.25, 0.3) is 5.91 Å². The standard InChI is InChI=1S/C15H10Cl2FNO3/c16-10-7-9(18)1-2-12(10)19-15(20)8-5-11(17)14-13(6-8)21-3-4-22-14/h1-2,5-7H,3-4H2,(H,19,20). The van der Waals surface area contributed by atoms with Crippen molar-refractivity contribution in [2.75, 3.05) is 18.5 Å². The van der Waals surface area contributed by atoms with Crippen LogP contribution in [-0.4, -0.2) is 19.1 Å². The zero-order valence-corrected chi connectivity index (χ0v) is 12.7. The highest BCUT2D eigenvalue weighted by atomic mass is 35.5. The fraction of sp³-hybridized carbons (Fsp3) is 0.133. The van der Waals surface area contributed by atoms with Gasteiger partial charge in [0.05, 0.1) is 15.7 Å². The molecule has 0 aliphatic carbocycles. The number of hydrogen-bond acceptors (Lipinski definition) is 3. The largest absolute Gasteiger partial charge is 0.486 e. The second-order valence-corrected chi connectivity index (χ2v) is 5.37. The van der Waals surface area contributed by atoms with E-state index in [4.69, 9.17) is 32.7 Å². The molecule has 1 heterocycles. The monoisotopic (exact) mass is 341 g/mol. The molecular formula is C15H10Cl2FNO3. The molecule has 0 aromatic heterocycles. The normalized spacial score (nSPS) is 12.9. The quantitative estimate of drug-likeness (QED) is 0.892. The lowest BCUT2D eigenvalue weighted by molar-refractivity contribution is 0.102. The summed E-state index contributed by atoms with van der Waals surface area (Å²) in [6.07, 6.45) is 0. The molecule has 0 atom stereocenters. The van der Waals surface area contributed by atoms with Gasteiger partial charge in [0.2, 0.25) is 0 Å². The number of nitrogens with one attached hydrogen (secondary N) is 1. The second kappa shape index (κ2) is 6.02. The summed E-state index contributed by atoms with van der Waals surface area (Å²) in [7, 11) is 0. The Morgan fingerprint density at radius 3 is 2.64 bits per heavy atom. The topological polar surface area (TPSA) is 47.6 Å². The van der Waals surface area contributed by atoms with Gasteiger partial charge >= 0.3 is 0 Å². The van der Waals surface area contributed by atoms with Gasteiger partial charge in [-0.25, -0.2) is 4.39 Å². The highest BCUT2D eigenvalue weighted by Gasteiger charge is 2.19. The maximum absolute atomic E-state index is 13.0. The van der Waals surface area contributed by atoms with Crippen molar-refractivity contribution in [1.29, 1.82) is 0 Å². The van der Waals surface area contributed by atoms with Crippen molar-refractivity contribution in [2.24, 2.45) is 0 Å². The van der Waals surface area contributed by atoms with E-state index < -0.39 is 11.7 Å². The van der Waals surface area contributed by atoms with E-state index in [2.05, 4.69) is 5.32 Å². The van der Waals surface area contributed by atoms with Gasteiger partial charge in [0.15, 0.2) is 11.5 Å². The lowest BCUT2D eigenvalue weighted by Gasteiger charge is -2.20. The molecule has 0 bridgehead atoms. The Morgan fingerprint density at radius 2 is 1.86 bits per heavy atom. The number of anilines is 1. The number of ether oxygens (including phenoxy) is 2. The van der Waals surface area contributed by atoms with Gasteiger partial charge in [0.1, 0.15) is 19.0 Å². The van der Waals surface area contributed by atoms with Crippen molar-refractivity contribution in [1.82, 2.24) is 0 Å². The van der Waals surface area contributed by atoms with E-state index in [9.17, 15) is 9.18 Å². The number of halogens is 3. The molecule has 0 radical (unpaired) electrons. The molecule has 3 rings (SSSR count). The molecule has 4 nitrogen and oxygen atoms in total. The molecule has 1 N–H and O–H groups in total. The summed E-state index contributed by atoms with van der Waals surface area (Å²) in [5, 5.41) is 2.99. The Hall–Kier alpha value is -1.98. The predicted molar refractivity (Wildman–Crippen MR) is 81.8 cm³/mol. The summed E-state index contributed by atoms with van der Waals surface area (Å²) in [6, 6.07) is 6.72. The number of hydrogen-bond donors (Lipinski definition) is 1. The van der Waals surface area contributed by atoms with E-state index in [0.29, 0.717) is 30.4 Å². The van der Waals surface area contributed by atoms with Crippen molar-refractivity contribution >= 4 is 34.8 Å². The highest BCUT2D eigenvalue weighted by Crippen LogP contribution is 2.38. The summed E-state index contributed by atoms with van der Waals surface area (Å²) < 4.78 is 23.8. The third-order valence-electron chi connectivity index (χ3n) is 3.04. The van der Waals surface area contributed by atoms with E-state index in [1.165, 1.54) is 24.3 Å². The summed E-state index contributed by atoms with van der Waals surface area (Å²) >= 11 is 12.0. The van der Waals surface area contributed by atoms with Crippen LogP contribution in [-0.2, 0) is 0 Å². The van der Waals surface area contributed by atoms with Crippen LogP contribution in [0.3, 0.4) is 0 Å². The van der Waals surface area contributed by atoms with Gasteiger partial charge in [-0.2, -0.15) is 0 Å². The predicted octanol–water partition coefficient (Wildman–Crippen LogP) is 4.16. The van der Waals surface area contributed by atoms with Crippen LogP contribution >= 0.6 is 23.2 Å². The Labute approximate surface area is 135 Å². The molecule has 1 amide bonds. The molecule has 0 spiro atoms. The summed E-state index contributed by atoms with van der Waals surface area (Å²) in [4.78, 5) is 12.3. The fourth-order valence-corrected chi connectivity index (χ4v) is 2.51. The van der Waals surface area contributed by atoms with Crippen LogP contribution in [0.25, 0.3) is 0 Å². The maximum Gasteiger partial charge on any atom is 0.255 e. The minimum Gasteiger partial charge on any atom is -0.486 e. The van der Waals surface area contributed by atoms with Gasteiger partial charge in [0, 0.05) is 5.56 Å². The van der Waals surface area contributed by atoms with Crippen LogP contribution in [0.4, 0.5) is 10.1 Å². The number of carbonyl (C=O) groups is 1. The molecule has 1 aliphatic heterocycles. The SMILES string of the molecule is O=C(Nc1ccc(F)cc1Cl)c1cc(Cl)c2c(c1)OCCO2. The molecule has 2 aromatic rings. The Kier molecular flexibility index (Phi) is 4.09. The first kappa shape index (κ1) is 14.9. The zero-order valence-electron chi connectivity index (χ0n) is 11.2. The van der Waals surface area contributed by atoms with Crippen molar-refractivity contribution < 1.29 is 18.7 Å². The fourth-order valence-electron chi connectivity index (χ4n) is 2.03. The molecule has 114 valence electrons. The molecule has 0 saturated heterocycles. The van der Waals surface area contributed by atoms with Gasteiger partial charge < -0.3 is 14.8 Å². The Balaban J connectivity index is 1.87. The van der Waals surface area contributed by atoms with E-state index in [-0.39, 0.29) is 15.6 Å². The van der Waals surface area contributed by atoms with Crippen LogP contribution < -0.4 is 14.8 Å². The molecule has 22 heavy (non-hydrogen) atoms. The van der Waals surface area contributed by atoms with Crippen molar-refractivity contribution in [3.05, 3.63) is 51.8 Å². The third-order valence-corrected chi connectivity index (χ3v) is 3.63. The maximum atomic E-state index is 13.0. The van der Waals surface area contributed by atoms with Gasteiger partial charge in [-0.05, 0) is 30.3 Å². The van der Waals surface area contributed by atoms with Crippen LogP contribution in [0.2, 0.25) is 10.0 Å². The lowest BCUT2D eigenvalue weighted by Crippen LogP contribution is -2.17. The van der Waals surface area contributed by atoms with Crippen LogP contribution in [0.15, 0.2) is 30.3 Å². The van der Waals surface area contributed by atoms with Crippen molar-refractivity contribution in [3.8, 4) is 11.5 Å². The summed E-state index contributed by atoms with van der Waals surface area (Å²) in [6.45, 7) is 0.793. The second-order valence-electron chi connectivity index (χ2n) is 4.56. The summed E-state index contributed by atoms with van der Waals surface area (Å²) in [5.74, 6) is -0.0869. The van der Waals surface area contributed by atoms with Gasteiger partial charge in [-0.1, -0.05) is 23.2 Å². The van der Waals surface area contributed by atoms with Crippen LogP contribution in [0, 0.1) is 5.82 Å². The molecule has 0 unspecified atom stereocenters. The first-order valence-electron chi connectivity index (χ1n) is 6.40. The van der Waals surface area contributed by atoms with E-state index in [1.807, 2.05) is 0 Å². The molecule has 0 saturated carbocycles. The molecular weight excluding hydrogens is 332 g/mol. The smallest absolute Gasteiger partial charge is 0.255 e. The van der Waals surface area contributed by atoms with Gasteiger partial charge in [-0.15, -0.1) is 0 Å². The Morgan fingerprint density at radius 1 is 1.09 bits per heavy atom. The first-order chi connectivity index (χ1) is 10.5. The van der Waals surface area contributed by atoms with Crippen molar-refractivity contribution in [2.45, 2.75) is 0 Å². The van der Waals surface area contributed by atoms with E-state index in [0.717, 1.165) is 6.07 Å². The number of rotatable bonds is 2. The third kappa shape index (κ3) is 2.96. The molecule has 2 aromatic carbocycles. The molecule has 0 fully saturated rings. The number of carbonyl (C=O) groups excluding carboxylic acids is 1. The summed E-state index contributed by atoms with van der Waals surface area (Å²) in [5.41, 5.74) is 0.591. The van der Waals surface area contributed by atoms with Crippen LogP contribution in [0.1, 0.15) is 10.4 Å². The number of amides is 1. The lowest BCUT2D eigenvalue weighted by atomic mass is 10.1. The minimum atomic E-state index is -0.481. The number of fused-ring (bicyclic) bond motifs is 1. The molecule has 7 heteroatoms. The zero-order chi connectivity index (χ0) is 15.7. The van der Waals surface area contributed by atoms with Gasteiger partial charge in [-0.3, -0.25) is 4.79 Å². The average molecular weight is 342 g/mol. The average Bonchev–Trinajstić information content (AvgIpc) is 2.50. The minimum absolute atomic E-state index is 0.108. The Bertz CT molecular complexity index is 752. The highest BCUT2D eigenvalue weighted by molar-refractivity contribution is 6.34. The number of benzene rings is 2. The van der Waals surface area contributed by atoms with Crippen LogP contribution in [0.5, 0.6) is 11.5 Å². The molecule has 1 aliphatic rings.